The molecule has 0 aliphatic carbocycles. The predicted octanol–water partition coefficient (Wildman–Crippen LogP) is 2.83. The van der Waals surface area contributed by atoms with Gasteiger partial charge in [0, 0.05) is 24.7 Å². The number of nitrogens with one attached hydrogen (secondary N) is 2. The summed E-state index contributed by atoms with van der Waals surface area (Å²) in [7, 11) is 5.56. The van der Waals surface area contributed by atoms with E-state index in [0.29, 0.717) is 29.6 Å². The third kappa shape index (κ3) is 7.54. The van der Waals surface area contributed by atoms with Gasteiger partial charge in [-0.15, -0.1) is 0 Å². The number of halogens is 1. The Balaban J connectivity index is 2.53. The van der Waals surface area contributed by atoms with Crippen LogP contribution in [-0.2, 0) is 4.74 Å². The topological polar surface area (TPSA) is 62.8 Å². The van der Waals surface area contributed by atoms with Crippen molar-refractivity contribution in [2.24, 2.45) is 0 Å². The lowest BCUT2D eigenvalue weighted by Gasteiger charge is -2.20. The quantitative estimate of drug-likeness (QED) is 0.723. The van der Waals surface area contributed by atoms with Crippen molar-refractivity contribution in [2.45, 2.75) is 19.4 Å². The molecule has 0 aliphatic heterocycles. The van der Waals surface area contributed by atoms with Gasteiger partial charge in [-0.1, -0.05) is 11.6 Å². The van der Waals surface area contributed by atoms with Crippen molar-refractivity contribution >= 4 is 23.3 Å². The smallest absolute Gasteiger partial charge is 0.319 e. The van der Waals surface area contributed by atoms with Gasteiger partial charge in [0.2, 0.25) is 0 Å². The highest BCUT2D eigenvalue weighted by Crippen LogP contribution is 2.27. The van der Waals surface area contributed by atoms with Crippen LogP contribution in [0.1, 0.15) is 13.3 Å². The van der Waals surface area contributed by atoms with E-state index in [4.69, 9.17) is 21.1 Å². The fraction of sp³-hybridized carbons (Fsp3) is 0.562. The molecule has 0 saturated carbocycles. The first-order chi connectivity index (χ1) is 11.0. The molecule has 0 spiro atoms. The summed E-state index contributed by atoms with van der Waals surface area (Å²) < 4.78 is 10.8. The summed E-state index contributed by atoms with van der Waals surface area (Å²) in [5.74, 6) is 0.554. The Bertz CT molecular complexity index is 497. The van der Waals surface area contributed by atoms with Crippen LogP contribution in [-0.4, -0.2) is 57.9 Å². The normalized spacial score (nSPS) is 12.1. The van der Waals surface area contributed by atoms with E-state index in [0.717, 1.165) is 13.0 Å². The number of benzene rings is 1. The van der Waals surface area contributed by atoms with E-state index in [2.05, 4.69) is 15.5 Å². The number of carbonyl (C=O) groups excluding carboxylic acids is 1. The minimum atomic E-state index is -0.319. The Morgan fingerprint density at radius 1 is 1.39 bits per heavy atom. The van der Waals surface area contributed by atoms with Gasteiger partial charge in [-0.25, -0.2) is 4.79 Å². The molecular formula is C16H26ClN3O3. The van der Waals surface area contributed by atoms with Crippen molar-refractivity contribution in [2.75, 3.05) is 46.2 Å². The first kappa shape index (κ1) is 19.5. The number of rotatable bonds is 9. The van der Waals surface area contributed by atoms with Gasteiger partial charge in [0.25, 0.3) is 0 Å². The fourth-order valence-corrected chi connectivity index (χ4v) is 2.21. The van der Waals surface area contributed by atoms with E-state index in [1.807, 2.05) is 21.0 Å². The second-order valence-corrected chi connectivity index (χ2v) is 5.79. The predicted molar refractivity (Wildman–Crippen MR) is 93.6 cm³/mol. The first-order valence-electron chi connectivity index (χ1n) is 7.61. The highest BCUT2D eigenvalue weighted by atomic mass is 35.5. The first-order valence-corrected chi connectivity index (χ1v) is 7.98. The minimum Gasteiger partial charge on any atom is -0.495 e. The molecule has 1 aromatic rings. The van der Waals surface area contributed by atoms with Crippen molar-refractivity contribution in [3.8, 4) is 5.75 Å². The molecule has 130 valence electrons. The van der Waals surface area contributed by atoms with Gasteiger partial charge in [0.15, 0.2) is 0 Å². The van der Waals surface area contributed by atoms with Crippen LogP contribution < -0.4 is 15.4 Å². The summed E-state index contributed by atoms with van der Waals surface area (Å²) in [6.45, 7) is 3.90. The molecule has 1 atom stereocenters. The van der Waals surface area contributed by atoms with Crippen molar-refractivity contribution < 1.29 is 14.3 Å². The van der Waals surface area contributed by atoms with E-state index in [1.54, 1.807) is 25.3 Å². The summed E-state index contributed by atoms with van der Waals surface area (Å²) in [4.78, 5) is 14.1. The van der Waals surface area contributed by atoms with Crippen molar-refractivity contribution in [3.63, 3.8) is 0 Å². The van der Waals surface area contributed by atoms with Crippen LogP contribution in [0.15, 0.2) is 18.2 Å². The molecule has 0 aromatic heterocycles. The van der Waals surface area contributed by atoms with Crippen molar-refractivity contribution in [1.82, 2.24) is 10.2 Å². The van der Waals surface area contributed by atoms with Crippen LogP contribution in [0.3, 0.4) is 0 Å². The Hall–Kier alpha value is -1.50. The summed E-state index contributed by atoms with van der Waals surface area (Å²) in [6, 6.07) is 4.74. The molecule has 0 aliphatic rings. The average Bonchev–Trinajstić information content (AvgIpc) is 2.50. The van der Waals surface area contributed by atoms with Crippen LogP contribution in [0.25, 0.3) is 0 Å². The molecule has 7 heteroatoms. The SMILES string of the molecule is CCO[C@@H](CCN(C)C)CNC(=O)Nc1cc(Cl)ccc1OC. The Labute approximate surface area is 143 Å². The minimum absolute atomic E-state index is 0.0191. The highest BCUT2D eigenvalue weighted by molar-refractivity contribution is 6.31. The lowest BCUT2D eigenvalue weighted by Crippen LogP contribution is -2.37. The van der Waals surface area contributed by atoms with Crippen molar-refractivity contribution in [3.05, 3.63) is 23.2 Å². The third-order valence-corrected chi connectivity index (χ3v) is 3.44. The molecule has 0 fully saturated rings. The van der Waals surface area contributed by atoms with Gasteiger partial charge in [0.1, 0.15) is 5.75 Å². The second-order valence-electron chi connectivity index (χ2n) is 5.35. The molecule has 2 amide bonds. The molecule has 1 aromatic carbocycles. The van der Waals surface area contributed by atoms with Crippen LogP contribution in [0.4, 0.5) is 10.5 Å². The van der Waals surface area contributed by atoms with E-state index < -0.39 is 0 Å². The van der Waals surface area contributed by atoms with Gasteiger partial charge in [-0.3, -0.25) is 0 Å². The molecule has 6 nitrogen and oxygen atoms in total. The average molecular weight is 344 g/mol. The maximum Gasteiger partial charge on any atom is 0.319 e. The molecule has 0 unspecified atom stereocenters. The molecule has 2 N–H and O–H groups in total. The number of ether oxygens (including phenoxy) is 2. The van der Waals surface area contributed by atoms with Crippen LogP contribution in [0, 0.1) is 0 Å². The summed E-state index contributed by atoms with van der Waals surface area (Å²) in [5.41, 5.74) is 0.527. The summed E-state index contributed by atoms with van der Waals surface area (Å²) in [5, 5.41) is 6.08. The number of amides is 2. The number of methoxy groups -OCH3 is 1. The maximum atomic E-state index is 12.1. The Morgan fingerprint density at radius 3 is 2.74 bits per heavy atom. The molecule has 23 heavy (non-hydrogen) atoms. The van der Waals surface area contributed by atoms with Crippen LogP contribution >= 0.6 is 11.6 Å². The van der Waals surface area contributed by atoms with Gasteiger partial charge in [0.05, 0.1) is 18.9 Å². The van der Waals surface area contributed by atoms with E-state index in [1.165, 1.54) is 0 Å². The zero-order valence-corrected chi connectivity index (χ0v) is 14.9. The molecular weight excluding hydrogens is 318 g/mol. The maximum absolute atomic E-state index is 12.1. The number of anilines is 1. The summed E-state index contributed by atoms with van der Waals surface area (Å²) >= 11 is 5.94. The fourth-order valence-electron chi connectivity index (χ4n) is 2.03. The zero-order chi connectivity index (χ0) is 17.2. The van der Waals surface area contributed by atoms with Gasteiger partial charge < -0.3 is 25.0 Å². The van der Waals surface area contributed by atoms with E-state index in [-0.39, 0.29) is 12.1 Å². The highest BCUT2D eigenvalue weighted by Gasteiger charge is 2.12. The van der Waals surface area contributed by atoms with Crippen LogP contribution in [0.2, 0.25) is 5.02 Å². The standard InChI is InChI=1S/C16H26ClN3O3/c1-5-23-13(8-9-20(2)3)11-18-16(21)19-14-10-12(17)6-7-15(14)22-4/h6-7,10,13H,5,8-9,11H2,1-4H3,(H2,18,19,21)/t13-/m0/s1. The van der Waals surface area contributed by atoms with Gasteiger partial charge >= 0.3 is 6.03 Å². The molecule has 0 radical (unpaired) electrons. The monoisotopic (exact) mass is 343 g/mol. The van der Waals surface area contributed by atoms with Crippen LogP contribution in [0.5, 0.6) is 5.75 Å². The number of hydrogen-bond acceptors (Lipinski definition) is 4. The zero-order valence-electron chi connectivity index (χ0n) is 14.2. The third-order valence-electron chi connectivity index (χ3n) is 3.20. The lowest BCUT2D eigenvalue weighted by atomic mass is 10.2. The second kappa shape index (κ2) is 10.3. The molecule has 1 rings (SSSR count). The summed E-state index contributed by atoms with van der Waals surface area (Å²) in [6.07, 6.45) is 0.830. The Kier molecular flexibility index (Phi) is 8.76. The van der Waals surface area contributed by atoms with Crippen molar-refractivity contribution in [1.29, 1.82) is 0 Å². The van der Waals surface area contributed by atoms with E-state index in [9.17, 15) is 4.79 Å². The number of nitrogens with zero attached hydrogens (tertiary/aromatic N) is 1. The molecule has 0 bridgehead atoms. The van der Waals surface area contributed by atoms with E-state index >= 15 is 0 Å². The largest absolute Gasteiger partial charge is 0.495 e. The number of urea groups is 1. The molecule has 0 heterocycles. The van der Waals surface area contributed by atoms with Gasteiger partial charge in [-0.05, 0) is 45.6 Å². The van der Waals surface area contributed by atoms with Gasteiger partial charge in [-0.2, -0.15) is 0 Å². The Morgan fingerprint density at radius 2 is 2.13 bits per heavy atom. The number of carbonyl (C=O) groups is 1. The molecule has 0 saturated heterocycles. The lowest BCUT2D eigenvalue weighted by molar-refractivity contribution is 0.0538. The number of hydrogen-bond donors (Lipinski definition) is 2.